The Hall–Kier alpha value is -12.0. The Kier molecular flexibility index (Phi) is 18.7. The number of benzene rings is 18. The molecule has 670 valence electrons. The first kappa shape index (κ1) is 86.6. The third-order valence-corrected chi connectivity index (χ3v) is 36.1. The summed E-state index contributed by atoms with van der Waals surface area (Å²) in [6.07, 6.45) is 0. The van der Waals surface area contributed by atoms with E-state index in [9.17, 15) is 0 Å². The van der Waals surface area contributed by atoms with Crippen LogP contribution >= 0.6 is 63.7 Å². The maximum Gasteiger partial charge on any atom is 0.0540 e. The Morgan fingerprint density at radius 3 is 0.547 bits per heavy atom. The largest absolute Gasteiger partial charge is 0.310 e. The van der Waals surface area contributed by atoms with Crippen molar-refractivity contribution in [1.29, 1.82) is 0 Å². The van der Waals surface area contributed by atoms with Crippen LogP contribution in [-0.2, 0) is 48.7 Å². The minimum Gasteiger partial charge on any atom is -0.310 e. The Morgan fingerprint density at radius 1 is 0.146 bits per heavy atom. The second-order valence-electron chi connectivity index (χ2n) is 44.8. The van der Waals surface area contributed by atoms with Crippen LogP contribution in [0.15, 0.2) is 345 Å². The van der Waals surface area contributed by atoms with Crippen molar-refractivity contribution < 1.29 is 0 Å². The number of nitrogens with zero attached hydrogens (tertiary/aromatic N) is 2. The molecule has 0 atom stereocenters. The first-order chi connectivity index (χ1) is 65.3. The molecular formula is C131H108Br4N2. The lowest BCUT2D eigenvalue weighted by atomic mass is 9.78. The highest BCUT2D eigenvalue weighted by molar-refractivity contribution is 9.11. The van der Waals surface area contributed by atoms with E-state index in [1.54, 1.807) is 0 Å². The van der Waals surface area contributed by atoms with Gasteiger partial charge in [0.15, 0.2) is 0 Å². The number of hydrogen-bond donors (Lipinski definition) is 0. The molecule has 0 saturated heterocycles. The van der Waals surface area contributed by atoms with Crippen LogP contribution < -0.4 is 9.80 Å². The van der Waals surface area contributed by atoms with Gasteiger partial charge in [0.05, 0.1) is 11.4 Å². The molecule has 0 saturated carbocycles. The first-order valence-corrected chi connectivity index (χ1v) is 51.8. The van der Waals surface area contributed by atoms with Gasteiger partial charge in [0, 0.05) is 100 Å². The van der Waals surface area contributed by atoms with Crippen LogP contribution in [0.1, 0.15) is 225 Å². The normalized spacial score (nSPS) is 16.8. The summed E-state index contributed by atoms with van der Waals surface area (Å²) in [4.78, 5) is 4.88. The summed E-state index contributed by atoms with van der Waals surface area (Å²) in [5, 5.41) is 4.95. The van der Waals surface area contributed by atoms with Gasteiger partial charge in [-0.2, -0.15) is 0 Å². The number of hydrogen-bond acceptors (Lipinski definition) is 2. The monoisotopic (exact) mass is 2020 g/mol. The van der Waals surface area contributed by atoms with E-state index in [1.165, 1.54) is 245 Å². The van der Waals surface area contributed by atoms with Crippen molar-refractivity contribution in [2.75, 3.05) is 9.80 Å². The number of para-hydroxylation sites is 2. The minimum absolute atomic E-state index is 0.0190. The van der Waals surface area contributed by atoms with Gasteiger partial charge in [-0.15, -0.1) is 0 Å². The number of halogens is 4. The van der Waals surface area contributed by atoms with E-state index in [4.69, 9.17) is 0 Å². The van der Waals surface area contributed by atoms with Crippen molar-refractivity contribution in [2.24, 2.45) is 0 Å². The quantitative estimate of drug-likeness (QED) is 0.164. The minimum atomic E-state index is -0.207. The van der Waals surface area contributed by atoms with Gasteiger partial charge in [-0.1, -0.05) is 334 Å². The molecule has 9 aliphatic carbocycles. The van der Waals surface area contributed by atoms with Gasteiger partial charge < -0.3 is 9.80 Å². The second-order valence-corrected chi connectivity index (χ2v) is 48.5. The van der Waals surface area contributed by atoms with E-state index in [-0.39, 0.29) is 48.7 Å². The maximum atomic E-state index is 3.71. The van der Waals surface area contributed by atoms with E-state index < -0.39 is 0 Å². The summed E-state index contributed by atoms with van der Waals surface area (Å²) < 4.78 is 4.61. The molecule has 9 aliphatic rings. The molecule has 27 rings (SSSR count). The first-order valence-electron chi connectivity index (χ1n) is 48.7. The highest BCUT2D eigenvalue weighted by Crippen LogP contribution is 2.66. The highest BCUT2D eigenvalue weighted by atomic mass is 79.9. The zero-order valence-corrected chi connectivity index (χ0v) is 87.4. The average molecular weight is 2030 g/mol. The highest BCUT2D eigenvalue weighted by Gasteiger charge is 2.51. The van der Waals surface area contributed by atoms with E-state index in [0.29, 0.717) is 0 Å². The summed E-state index contributed by atoms with van der Waals surface area (Å²) in [6, 6.07) is 124. The lowest BCUT2D eigenvalue weighted by molar-refractivity contribution is 0.649. The lowest BCUT2D eigenvalue weighted by Gasteiger charge is -2.29. The Morgan fingerprint density at radius 2 is 0.321 bits per heavy atom. The average Bonchev–Trinajstić information content (AvgIpc) is 1.53. The summed E-state index contributed by atoms with van der Waals surface area (Å²) in [7, 11) is 0. The third-order valence-electron chi connectivity index (χ3n) is 34.2. The second kappa shape index (κ2) is 29.5. The van der Waals surface area contributed by atoms with Gasteiger partial charge in [-0.05, 0) is 393 Å². The molecule has 0 spiro atoms. The van der Waals surface area contributed by atoms with Crippen LogP contribution in [-0.4, -0.2) is 0 Å². The van der Waals surface area contributed by atoms with Crippen molar-refractivity contribution in [1.82, 2.24) is 0 Å². The molecule has 0 aliphatic heterocycles. The zero-order chi connectivity index (χ0) is 94.7. The molecule has 6 heteroatoms. The van der Waals surface area contributed by atoms with Crippen LogP contribution in [0.2, 0.25) is 0 Å². The molecule has 18 aromatic rings. The standard InChI is InChI=1S/C65H52N2.2C33H28Br2/c1-63(2)55-35-45(66(43-23-9-7-10-24-43)61-29-17-21-41-19-13-15-27-47(41)61)31-33-49(55)51-37-59-53(39-57(51)63)54-40-58-52(38-60(54)65(59,5)6)50-34-32-46(36-56(50)64(58,3)4)67(44-25-11-8-12-26-44)62-30-18-22-42-20-14-16-28-48(42)62;2*1-31(2)25-11-17(34)7-9-19(25)21-13-29-23(15-27(21)31)24-16-28-22(14-30(24)33(29,5)6)20-10-8-18(35)12-26(20)32(28,3)4/h7-40H,1-6H3;2*7-16H,1-6H3. The van der Waals surface area contributed by atoms with Crippen molar-refractivity contribution in [3.63, 3.8) is 0 Å². The van der Waals surface area contributed by atoms with Crippen molar-refractivity contribution in [3.8, 4) is 100 Å². The van der Waals surface area contributed by atoms with Crippen LogP contribution in [0, 0.1) is 0 Å². The van der Waals surface area contributed by atoms with E-state index in [0.717, 1.165) is 29.3 Å². The Bertz CT molecular complexity index is 7670. The van der Waals surface area contributed by atoms with Crippen LogP contribution in [0.25, 0.3) is 122 Å². The molecule has 137 heavy (non-hydrogen) atoms. The third kappa shape index (κ3) is 12.3. The molecule has 0 N–H and O–H groups in total. The molecule has 18 aromatic carbocycles. The van der Waals surface area contributed by atoms with E-state index in [1.807, 2.05) is 0 Å². The molecule has 0 heterocycles. The topological polar surface area (TPSA) is 6.48 Å². The van der Waals surface area contributed by atoms with Gasteiger partial charge in [-0.25, -0.2) is 0 Å². The van der Waals surface area contributed by atoms with E-state index in [2.05, 4.69) is 526 Å². The smallest absolute Gasteiger partial charge is 0.0540 e. The van der Waals surface area contributed by atoms with Gasteiger partial charge in [0.25, 0.3) is 0 Å². The SMILES string of the molecule is CC1(C)c2cc(Br)ccc2-c2cc3c(cc21)-c1cc2c(cc1C3(C)C)-c1ccc(Br)cc1C2(C)C.CC1(C)c2cc(Br)ccc2-c2cc3c(cc21)-c1cc2c(cc1C3(C)C)-c1ccc(Br)cc1C2(C)C.CC1(C)c2cc(N(c3ccccc3)c3cccc4ccccc34)ccc2-c2cc3c(cc21)-c1cc2c(cc1C3(C)C)-c1ccc(N(c3ccccc3)c3cccc4ccccc34)cc1C2(C)C. The predicted octanol–water partition coefficient (Wildman–Crippen LogP) is 38.1. The van der Waals surface area contributed by atoms with Crippen molar-refractivity contribution in [3.05, 3.63) is 446 Å². The number of rotatable bonds is 6. The van der Waals surface area contributed by atoms with Crippen LogP contribution in [0.5, 0.6) is 0 Å². The molecular weight excluding hydrogens is 1920 g/mol. The zero-order valence-electron chi connectivity index (χ0n) is 81.1. The fourth-order valence-electron chi connectivity index (χ4n) is 26.5. The van der Waals surface area contributed by atoms with Gasteiger partial charge in [0.2, 0.25) is 0 Å². The molecule has 0 radical (unpaired) electrons. The molecule has 0 amide bonds. The fraction of sp³-hybridized carbons (Fsp3) is 0.206. The summed E-state index contributed by atoms with van der Waals surface area (Å²) in [6.45, 7) is 43.2. The van der Waals surface area contributed by atoms with Gasteiger partial charge in [0.1, 0.15) is 0 Å². The Labute approximate surface area is 840 Å². The summed E-state index contributed by atoms with van der Waals surface area (Å²) in [5.74, 6) is 0. The number of anilines is 6. The number of fused-ring (bicyclic) bond motifs is 29. The molecule has 0 fully saturated rings. The maximum absolute atomic E-state index is 3.71. The lowest BCUT2D eigenvalue weighted by Crippen LogP contribution is -2.18. The fourth-order valence-corrected chi connectivity index (χ4v) is 28.0. The van der Waals surface area contributed by atoms with E-state index >= 15 is 0 Å². The van der Waals surface area contributed by atoms with Crippen LogP contribution in [0.3, 0.4) is 0 Å². The molecule has 0 bridgehead atoms. The van der Waals surface area contributed by atoms with Crippen molar-refractivity contribution >= 4 is 119 Å². The van der Waals surface area contributed by atoms with Gasteiger partial charge in [-0.3, -0.25) is 0 Å². The summed E-state index contributed by atoms with van der Waals surface area (Å²) >= 11 is 14.8. The molecule has 0 unspecified atom stereocenters. The summed E-state index contributed by atoms with van der Waals surface area (Å²) in [5.41, 5.74) is 56.9. The van der Waals surface area contributed by atoms with Gasteiger partial charge >= 0.3 is 0 Å². The molecule has 2 nitrogen and oxygen atoms in total. The van der Waals surface area contributed by atoms with Crippen LogP contribution in [0.4, 0.5) is 34.1 Å². The van der Waals surface area contributed by atoms with Crippen molar-refractivity contribution in [2.45, 2.75) is 173 Å². The predicted molar refractivity (Wildman–Crippen MR) is 593 cm³/mol. The Balaban J connectivity index is 0.000000120. The molecule has 0 aromatic heterocycles.